The monoisotopic (exact) mass is 558 g/mol. The highest BCUT2D eigenvalue weighted by Gasteiger charge is 2.27. The number of benzene rings is 1. The van der Waals surface area contributed by atoms with Gasteiger partial charge in [-0.15, -0.1) is 11.3 Å². The molecule has 1 N–H and O–H groups in total. The fraction of sp³-hybridized carbons (Fsp3) is 0.280. The maximum absolute atomic E-state index is 13.1. The van der Waals surface area contributed by atoms with Gasteiger partial charge in [-0.1, -0.05) is 29.3 Å². The number of piperazine rings is 1. The molecule has 37 heavy (non-hydrogen) atoms. The zero-order valence-corrected chi connectivity index (χ0v) is 22.5. The van der Waals surface area contributed by atoms with Crippen LogP contribution in [0.5, 0.6) is 0 Å². The van der Waals surface area contributed by atoms with E-state index in [9.17, 15) is 9.59 Å². The van der Waals surface area contributed by atoms with E-state index in [2.05, 4.69) is 27.2 Å². The number of Topliss-reactive ketones (excluding diaryl/α,β-unsaturated/α-hetero) is 1. The van der Waals surface area contributed by atoms with Crippen LogP contribution < -0.4 is 10.4 Å². The Hall–Kier alpha value is -3.02. The average molecular weight is 559 g/mol. The molecule has 0 spiro atoms. The Balaban J connectivity index is 1.41. The molecule has 5 rings (SSSR count). The summed E-state index contributed by atoms with van der Waals surface area (Å²) >= 11 is 14.1. The van der Waals surface area contributed by atoms with Gasteiger partial charge in [-0.25, -0.2) is 10.0 Å². The van der Waals surface area contributed by atoms with Crippen molar-refractivity contribution >= 4 is 75.3 Å². The topological polar surface area (TPSA) is 90.9 Å². The van der Waals surface area contributed by atoms with E-state index < -0.39 is 0 Å². The van der Waals surface area contributed by atoms with Gasteiger partial charge in [0.25, 0.3) is 5.91 Å². The molecule has 1 fully saturated rings. The van der Waals surface area contributed by atoms with Crippen molar-refractivity contribution in [3.8, 4) is 0 Å². The first-order valence-corrected chi connectivity index (χ1v) is 13.2. The van der Waals surface area contributed by atoms with E-state index in [1.807, 2.05) is 10.3 Å². The Labute approximate surface area is 228 Å². The summed E-state index contributed by atoms with van der Waals surface area (Å²) < 4.78 is 0. The minimum Gasteiger partial charge on any atom is -0.335 e. The molecule has 192 valence electrons. The number of nitrogens with zero attached hydrogens (tertiary/aromatic N) is 5. The normalized spacial score (nSPS) is 16.3. The van der Waals surface area contributed by atoms with Crippen LogP contribution in [-0.4, -0.2) is 78.3 Å². The number of halogens is 2. The largest absolute Gasteiger partial charge is 0.335 e. The van der Waals surface area contributed by atoms with E-state index in [-0.39, 0.29) is 18.2 Å². The number of aromatic nitrogens is 2. The fourth-order valence-corrected chi connectivity index (χ4v) is 5.60. The van der Waals surface area contributed by atoms with Crippen LogP contribution in [-0.2, 0) is 9.63 Å². The van der Waals surface area contributed by atoms with Crippen molar-refractivity contribution in [1.82, 2.24) is 19.8 Å². The Kier molecular flexibility index (Phi) is 7.45. The summed E-state index contributed by atoms with van der Waals surface area (Å²) in [5, 5.41) is 7.15. The fourth-order valence-electron chi connectivity index (χ4n) is 4.20. The van der Waals surface area contributed by atoms with Gasteiger partial charge in [0.15, 0.2) is 11.6 Å². The maximum atomic E-state index is 13.1. The van der Waals surface area contributed by atoms with Crippen LogP contribution in [0.25, 0.3) is 11.6 Å². The number of thiophene rings is 1. The van der Waals surface area contributed by atoms with Crippen LogP contribution >= 0.6 is 34.5 Å². The molecule has 1 saturated heterocycles. The second-order valence-corrected chi connectivity index (χ2v) is 10.4. The minimum atomic E-state index is -0.228. The molecule has 9 nitrogen and oxygen atoms in total. The molecule has 0 bridgehead atoms. The number of rotatable bonds is 5. The predicted molar refractivity (Wildman–Crippen MR) is 147 cm³/mol. The van der Waals surface area contributed by atoms with Crippen molar-refractivity contribution in [1.29, 1.82) is 0 Å². The highest BCUT2D eigenvalue weighted by molar-refractivity contribution is 7.12. The van der Waals surface area contributed by atoms with Gasteiger partial charge >= 0.3 is 0 Å². The van der Waals surface area contributed by atoms with Crippen molar-refractivity contribution in [2.75, 3.05) is 57.3 Å². The molecule has 1 amide bonds. The van der Waals surface area contributed by atoms with E-state index in [1.54, 1.807) is 36.5 Å². The standard InChI is InChI=1S/C25H24Cl2N6O3S/c1-31-6-8-32(9-7-31)24(35)21-11-16(14-37-21)29-25-28-12-15-10-17(22-18(26)4-3-5-19(22)27)20(34)13-33(36-2)23(15)30-25/h3-5,10-12,14H,6-9,13H2,1-2H3,(H,28,29,30). The maximum Gasteiger partial charge on any atom is 0.264 e. The molecule has 12 heteroatoms. The number of hydrogen-bond acceptors (Lipinski definition) is 9. The molecule has 0 radical (unpaired) electrons. The third-order valence-electron chi connectivity index (χ3n) is 6.23. The smallest absolute Gasteiger partial charge is 0.264 e. The quantitative estimate of drug-likeness (QED) is 0.490. The molecule has 2 aliphatic rings. The Morgan fingerprint density at radius 3 is 2.59 bits per heavy atom. The van der Waals surface area contributed by atoms with Gasteiger partial charge < -0.3 is 15.1 Å². The molecule has 2 aliphatic heterocycles. The number of amides is 1. The van der Waals surface area contributed by atoms with Crippen LogP contribution in [0.2, 0.25) is 10.0 Å². The third-order valence-corrected chi connectivity index (χ3v) is 7.78. The summed E-state index contributed by atoms with van der Waals surface area (Å²) in [6.45, 7) is 3.06. The molecule has 2 aromatic heterocycles. The lowest BCUT2D eigenvalue weighted by Gasteiger charge is -2.32. The van der Waals surface area contributed by atoms with Crippen molar-refractivity contribution in [2.45, 2.75) is 0 Å². The summed E-state index contributed by atoms with van der Waals surface area (Å²) in [7, 11) is 3.52. The minimum absolute atomic E-state index is 0.0222. The number of likely N-dealkylation sites (N-methyl/N-ethyl adjacent to an activating group) is 1. The first-order valence-electron chi connectivity index (χ1n) is 11.6. The summed E-state index contributed by atoms with van der Waals surface area (Å²) in [5.74, 6) is 0.510. The van der Waals surface area contributed by atoms with Crippen LogP contribution in [0.15, 0.2) is 35.8 Å². The third kappa shape index (κ3) is 5.34. The molecule has 1 aromatic carbocycles. The number of hydrogen-bond donors (Lipinski definition) is 1. The SMILES string of the molecule is CON1CC(=O)C(c2c(Cl)cccc2Cl)=Cc2cnc(Nc3csc(C(=O)N4CCN(C)CC4)c3)nc21. The number of carbonyl (C=O) groups excluding carboxylic acids is 2. The first kappa shape index (κ1) is 25.6. The molecule has 0 aliphatic carbocycles. The van der Waals surface area contributed by atoms with Gasteiger partial charge in [0.1, 0.15) is 6.54 Å². The van der Waals surface area contributed by atoms with Gasteiger partial charge in [-0.3, -0.25) is 14.4 Å². The zero-order valence-electron chi connectivity index (χ0n) is 20.2. The van der Waals surface area contributed by atoms with E-state index in [0.29, 0.717) is 62.2 Å². The lowest BCUT2D eigenvalue weighted by Crippen LogP contribution is -2.46. The van der Waals surface area contributed by atoms with Crippen molar-refractivity contribution < 1.29 is 14.4 Å². The summed E-state index contributed by atoms with van der Waals surface area (Å²) in [4.78, 5) is 45.3. The lowest BCUT2D eigenvalue weighted by molar-refractivity contribution is -0.113. The van der Waals surface area contributed by atoms with Crippen molar-refractivity contribution in [2.24, 2.45) is 0 Å². The summed E-state index contributed by atoms with van der Waals surface area (Å²) in [6, 6.07) is 6.89. The van der Waals surface area contributed by atoms with Crippen LogP contribution in [0.4, 0.5) is 17.5 Å². The van der Waals surface area contributed by atoms with Gasteiger partial charge in [0, 0.05) is 54.5 Å². The molecule has 0 unspecified atom stereocenters. The van der Waals surface area contributed by atoms with Crippen LogP contribution in [0, 0.1) is 0 Å². The number of ketones is 1. The van der Waals surface area contributed by atoms with Gasteiger partial charge in [0.2, 0.25) is 5.95 Å². The van der Waals surface area contributed by atoms with Crippen LogP contribution in [0.1, 0.15) is 20.8 Å². The van der Waals surface area contributed by atoms with Gasteiger partial charge in [0.05, 0.1) is 27.7 Å². The lowest BCUT2D eigenvalue weighted by atomic mass is 10.00. The number of fused-ring (bicyclic) bond motifs is 1. The van der Waals surface area contributed by atoms with Crippen molar-refractivity contribution in [3.05, 3.63) is 61.9 Å². The molecule has 0 atom stereocenters. The molecule has 4 heterocycles. The Morgan fingerprint density at radius 1 is 1.16 bits per heavy atom. The number of hydroxylamine groups is 1. The van der Waals surface area contributed by atoms with E-state index in [1.165, 1.54) is 23.5 Å². The zero-order chi connectivity index (χ0) is 26.1. The predicted octanol–water partition coefficient (Wildman–Crippen LogP) is 4.47. The van der Waals surface area contributed by atoms with E-state index in [0.717, 1.165) is 13.1 Å². The first-order chi connectivity index (χ1) is 17.8. The number of nitrogens with one attached hydrogen (secondary N) is 1. The second-order valence-electron chi connectivity index (χ2n) is 8.69. The molecular weight excluding hydrogens is 535 g/mol. The Bertz CT molecular complexity index is 1370. The second kappa shape index (κ2) is 10.8. The summed E-state index contributed by atoms with van der Waals surface area (Å²) in [5.41, 5.74) is 2.08. The average Bonchev–Trinajstić information content (AvgIpc) is 3.30. The molecule has 0 saturated carbocycles. The molecule has 3 aromatic rings. The van der Waals surface area contributed by atoms with Gasteiger partial charge in [-0.05, 0) is 31.3 Å². The number of carbonyl (C=O) groups is 2. The van der Waals surface area contributed by atoms with E-state index >= 15 is 0 Å². The Morgan fingerprint density at radius 2 is 1.89 bits per heavy atom. The van der Waals surface area contributed by atoms with Gasteiger partial charge in [-0.2, -0.15) is 4.98 Å². The highest BCUT2D eigenvalue weighted by atomic mass is 35.5. The number of anilines is 3. The van der Waals surface area contributed by atoms with Crippen LogP contribution in [0.3, 0.4) is 0 Å². The summed E-state index contributed by atoms with van der Waals surface area (Å²) in [6.07, 6.45) is 3.27. The van der Waals surface area contributed by atoms with E-state index in [4.69, 9.17) is 28.0 Å². The highest BCUT2D eigenvalue weighted by Crippen LogP contribution is 2.36. The van der Waals surface area contributed by atoms with Crippen molar-refractivity contribution in [3.63, 3.8) is 0 Å². The molecular formula is C25H24Cl2N6O3S.